The van der Waals surface area contributed by atoms with E-state index in [1.165, 1.54) is 6.20 Å². The van der Waals surface area contributed by atoms with E-state index in [-0.39, 0.29) is 11.5 Å². The maximum atomic E-state index is 12.2. The zero-order chi connectivity index (χ0) is 16.5. The fourth-order valence-corrected chi connectivity index (χ4v) is 2.47. The van der Waals surface area contributed by atoms with Crippen molar-refractivity contribution >= 4 is 5.91 Å². The van der Waals surface area contributed by atoms with Crippen molar-refractivity contribution in [1.29, 1.82) is 5.26 Å². The quantitative estimate of drug-likeness (QED) is 0.458. The molecular formula is C17H22N4O2. The first kappa shape index (κ1) is 16.8. The number of hydrogen-bond donors (Lipinski definition) is 2. The van der Waals surface area contributed by atoms with Gasteiger partial charge in [-0.2, -0.15) is 5.26 Å². The van der Waals surface area contributed by atoms with Crippen LogP contribution in [0.15, 0.2) is 36.0 Å². The summed E-state index contributed by atoms with van der Waals surface area (Å²) in [6.07, 6.45) is 2.26. The van der Waals surface area contributed by atoms with Crippen LogP contribution in [0, 0.1) is 11.3 Å². The van der Waals surface area contributed by atoms with Crippen molar-refractivity contribution in [3.8, 4) is 11.8 Å². The second-order valence-electron chi connectivity index (χ2n) is 5.23. The van der Waals surface area contributed by atoms with Crippen molar-refractivity contribution in [1.82, 2.24) is 15.5 Å². The zero-order valence-electron chi connectivity index (χ0n) is 13.3. The molecule has 122 valence electrons. The molecule has 1 fully saturated rings. The summed E-state index contributed by atoms with van der Waals surface area (Å²) in [5.74, 6) is 0.634. The number of nitrogens with zero attached hydrogens (tertiary/aromatic N) is 2. The highest BCUT2D eigenvalue weighted by Gasteiger charge is 2.19. The van der Waals surface area contributed by atoms with Gasteiger partial charge in [0.2, 0.25) is 0 Å². The van der Waals surface area contributed by atoms with Gasteiger partial charge < -0.3 is 20.3 Å². The Kier molecular flexibility index (Phi) is 6.45. The summed E-state index contributed by atoms with van der Waals surface area (Å²) in [5.41, 5.74) is 1.23. The molecule has 1 amide bonds. The van der Waals surface area contributed by atoms with Crippen LogP contribution in [-0.4, -0.2) is 50.6 Å². The maximum Gasteiger partial charge on any atom is 0.266 e. The van der Waals surface area contributed by atoms with Gasteiger partial charge in [-0.15, -0.1) is 0 Å². The Balaban J connectivity index is 1.87. The van der Waals surface area contributed by atoms with Gasteiger partial charge in [0.1, 0.15) is 17.4 Å². The van der Waals surface area contributed by atoms with Crippen LogP contribution in [0.2, 0.25) is 0 Å². The lowest BCUT2D eigenvalue weighted by atomic mass is 10.1. The smallest absolute Gasteiger partial charge is 0.266 e. The Morgan fingerprint density at radius 3 is 2.87 bits per heavy atom. The Hall–Kier alpha value is -2.52. The first-order chi connectivity index (χ1) is 11.3. The van der Waals surface area contributed by atoms with E-state index in [9.17, 15) is 10.1 Å². The Morgan fingerprint density at radius 2 is 2.17 bits per heavy atom. The summed E-state index contributed by atoms with van der Waals surface area (Å²) in [7, 11) is 1.64. The Morgan fingerprint density at radius 1 is 1.43 bits per heavy atom. The highest BCUT2D eigenvalue weighted by atomic mass is 16.5. The normalized spacial score (nSPS) is 15.0. The predicted molar refractivity (Wildman–Crippen MR) is 87.8 cm³/mol. The fraction of sp³-hybridized carbons (Fsp3) is 0.412. The molecule has 1 aliphatic heterocycles. The number of piperazine rings is 1. The average Bonchev–Trinajstić information content (AvgIpc) is 2.62. The van der Waals surface area contributed by atoms with Gasteiger partial charge >= 0.3 is 0 Å². The molecule has 1 heterocycles. The minimum Gasteiger partial charge on any atom is -0.496 e. The zero-order valence-corrected chi connectivity index (χ0v) is 13.3. The van der Waals surface area contributed by atoms with E-state index in [0.29, 0.717) is 19.6 Å². The number of amides is 1. The highest BCUT2D eigenvalue weighted by Crippen LogP contribution is 2.17. The van der Waals surface area contributed by atoms with Gasteiger partial charge in [0.15, 0.2) is 0 Å². The monoisotopic (exact) mass is 314 g/mol. The van der Waals surface area contributed by atoms with E-state index >= 15 is 0 Å². The molecule has 23 heavy (non-hydrogen) atoms. The SMILES string of the molecule is COc1ccccc1CCN/C=C(/C#N)C(=O)N1CCNCC1. The summed E-state index contributed by atoms with van der Waals surface area (Å²) < 4.78 is 5.30. The minimum atomic E-state index is -0.209. The number of carbonyl (C=O) groups is 1. The summed E-state index contributed by atoms with van der Waals surface area (Å²) in [4.78, 5) is 13.9. The van der Waals surface area contributed by atoms with Crippen molar-refractivity contribution in [2.45, 2.75) is 6.42 Å². The molecular weight excluding hydrogens is 292 g/mol. The van der Waals surface area contributed by atoms with Crippen molar-refractivity contribution < 1.29 is 9.53 Å². The Bertz CT molecular complexity index is 601. The van der Waals surface area contributed by atoms with Crippen LogP contribution in [0.4, 0.5) is 0 Å². The lowest BCUT2D eigenvalue weighted by Crippen LogP contribution is -2.46. The fourth-order valence-electron chi connectivity index (χ4n) is 2.47. The molecule has 0 saturated carbocycles. The minimum absolute atomic E-state index is 0.145. The number of rotatable bonds is 6. The number of para-hydroxylation sites is 1. The van der Waals surface area contributed by atoms with E-state index in [0.717, 1.165) is 30.8 Å². The molecule has 0 radical (unpaired) electrons. The molecule has 0 atom stereocenters. The van der Waals surface area contributed by atoms with Gasteiger partial charge in [0.25, 0.3) is 5.91 Å². The summed E-state index contributed by atoms with van der Waals surface area (Å²) in [6, 6.07) is 9.79. The molecule has 6 nitrogen and oxygen atoms in total. The molecule has 1 saturated heterocycles. The second-order valence-corrected chi connectivity index (χ2v) is 5.23. The molecule has 0 aliphatic carbocycles. The van der Waals surface area contributed by atoms with Crippen LogP contribution in [0.1, 0.15) is 5.56 Å². The molecule has 0 spiro atoms. The number of ether oxygens (including phenoxy) is 1. The average molecular weight is 314 g/mol. The third-order valence-corrected chi connectivity index (χ3v) is 3.73. The summed E-state index contributed by atoms with van der Waals surface area (Å²) in [6.45, 7) is 3.44. The lowest BCUT2D eigenvalue weighted by Gasteiger charge is -2.27. The second kappa shape index (κ2) is 8.81. The van der Waals surface area contributed by atoms with Crippen molar-refractivity contribution in [3.05, 3.63) is 41.6 Å². The van der Waals surface area contributed by atoms with E-state index in [2.05, 4.69) is 10.6 Å². The topological polar surface area (TPSA) is 77.4 Å². The standard InChI is InChI=1S/C17H22N4O2/c1-23-16-5-3-2-4-14(16)6-7-20-13-15(12-18)17(22)21-10-8-19-9-11-21/h2-5,13,19-20H,6-11H2,1H3/b15-13-. The molecule has 0 aromatic heterocycles. The third-order valence-electron chi connectivity index (χ3n) is 3.73. The van der Waals surface area contributed by atoms with E-state index in [1.807, 2.05) is 30.3 Å². The van der Waals surface area contributed by atoms with Gasteiger partial charge in [0, 0.05) is 38.9 Å². The predicted octanol–water partition coefficient (Wildman–Crippen LogP) is 0.667. The van der Waals surface area contributed by atoms with E-state index in [4.69, 9.17) is 4.74 Å². The maximum absolute atomic E-state index is 12.2. The van der Waals surface area contributed by atoms with Gasteiger partial charge in [-0.3, -0.25) is 4.79 Å². The first-order valence-electron chi connectivity index (χ1n) is 7.72. The van der Waals surface area contributed by atoms with Crippen LogP contribution in [0.25, 0.3) is 0 Å². The number of nitrogens with one attached hydrogen (secondary N) is 2. The van der Waals surface area contributed by atoms with Gasteiger partial charge in [-0.1, -0.05) is 18.2 Å². The van der Waals surface area contributed by atoms with Crippen LogP contribution in [0.5, 0.6) is 5.75 Å². The molecule has 1 aliphatic rings. The van der Waals surface area contributed by atoms with Crippen LogP contribution >= 0.6 is 0 Å². The molecule has 1 aromatic carbocycles. The van der Waals surface area contributed by atoms with Crippen LogP contribution < -0.4 is 15.4 Å². The van der Waals surface area contributed by atoms with Gasteiger partial charge in [-0.05, 0) is 18.1 Å². The Labute approximate surface area is 136 Å². The first-order valence-corrected chi connectivity index (χ1v) is 7.72. The number of hydrogen-bond acceptors (Lipinski definition) is 5. The number of methoxy groups -OCH3 is 1. The lowest BCUT2D eigenvalue weighted by molar-refractivity contribution is -0.127. The highest BCUT2D eigenvalue weighted by molar-refractivity contribution is 5.97. The molecule has 0 bridgehead atoms. The third kappa shape index (κ3) is 4.73. The largest absolute Gasteiger partial charge is 0.496 e. The van der Waals surface area contributed by atoms with Crippen LogP contribution in [0.3, 0.4) is 0 Å². The van der Waals surface area contributed by atoms with Crippen molar-refractivity contribution in [2.24, 2.45) is 0 Å². The summed E-state index contributed by atoms with van der Waals surface area (Å²) in [5, 5.41) is 15.4. The number of carbonyl (C=O) groups excluding carboxylic acids is 1. The molecule has 6 heteroatoms. The van der Waals surface area contributed by atoms with Gasteiger partial charge in [0.05, 0.1) is 7.11 Å². The van der Waals surface area contributed by atoms with Crippen molar-refractivity contribution in [2.75, 3.05) is 39.8 Å². The number of nitriles is 1. The van der Waals surface area contributed by atoms with Crippen molar-refractivity contribution in [3.63, 3.8) is 0 Å². The van der Waals surface area contributed by atoms with Gasteiger partial charge in [-0.25, -0.2) is 0 Å². The summed E-state index contributed by atoms with van der Waals surface area (Å²) >= 11 is 0. The molecule has 0 unspecified atom stereocenters. The molecule has 2 rings (SSSR count). The van der Waals surface area contributed by atoms with E-state index < -0.39 is 0 Å². The molecule has 2 N–H and O–H groups in total. The number of benzene rings is 1. The molecule has 1 aromatic rings. The van der Waals surface area contributed by atoms with E-state index in [1.54, 1.807) is 12.0 Å². The van der Waals surface area contributed by atoms with Crippen LogP contribution in [-0.2, 0) is 11.2 Å².